The molecule has 1 atom stereocenters. The van der Waals surface area contributed by atoms with Crippen LogP contribution in [-0.4, -0.2) is 42.5 Å². The molecule has 20 heavy (non-hydrogen) atoms. The second kappa shape index (κ2) is 6.52. The van der Waals surface area contributed by atoms with Crippen molar-refractivity contribution in [2.24, 2.45) is 0 Å². The Kier molecular flexibility index (Phi) is 5.50. The summed E-state index contributed by atoms with van der Waals surface area (Å²) < 4.78 is 23.9. The van der Waals surface area contributed by atoms with E-state index in [1.54, 1.807) is 7.05 Å². The standard InChI is InChI=1S/C14H22FNO3S/c1-9(15)12-11(20-6)7-10(8-18-12)16(5)13(17)19-14(2,3)4/h10H,1,7-8H2,2-6H3. The second-order valence-electron chi connectivity index (χ2n) is 5.62. The largest absolute Gasteiger partial charge is 0.488 e. The van der Waals surface area contributed by atoms with Crippen molar-refractivity contribution < 1.29 is 18.7 Å². The Morgan fingerprint density at radius 2 is 2.15 bits per heavy atom. The van der Waals surface area contributed by atoms with Crippen molar-refractivity contribution in [2.75, 3.05) is 19.9 Å². The third kappa shape index (κ3) is 4.44. The Morgan fingerprint density at radius 3 is 2.60 bits per heavy atom. The predicted octanol–water partition coefficient (Wildman–Crippen LogP) is 3.70. The number of rotatable bonds is 3. The van der Waals surface area contributed by atoms with Crippen molar-refractivity contribution in [3.05, 3.63) is 23.1 Å². The van der Waals surface area contributed by atoms with E-state index in [9.17, 15) is 9.18 Å². The molecule has 0 fully saturated rings. The fourth-order valence-electron chi connectivity index (χ4n) is 1.76. The molecule has 1 heterocycles. The zero-order chi connectivity index (χ0) is 15.5. The molecule has 4 nitrogen and oxygen atoms in total. The van der Waals surface area contributed by atoms with Gasteiger partial charge in [-0.1, -0.05) is 6.58 Å². The summed E-state index contributed by atoms with van der Waals surface area (Å²) >= 11 is 1.40. The number of halogens is 1. The van der Waals surface area contributed by atoms with Crippen molar-refractivity contribution in [3.63, 3.8) is 0 Å². The van der Waals surface area contributed by atoms with Gasteiger partial charge >= 0.3 is 6.09 Å². The van der Waals surface area contributed by atoms with Crippen LogP contribution < -0.4 is 0 Å². The van der Waals surface area contributed by atoms with Crippen LogP contribution in [0, 0.1) is 0 Å². The topological polar surface area (TPSA) is 38.8 Å². The number of carbonyl (C=O) groups is 1. The first kappa shape index (κ1) is 16.9. The summed E-state index contributed by atoms with van der Waals surface area (Å²) in [6.45, 7) is 8.94. The van der Waals surface area contributed by atoms with Crippen LogP contribution >= 0.6 is 11.8 Å². The van der Waals surface area contributed by atoms with Crippen LogP contribution in [0.15, 0.2) is 23.1 Å². The van der Waals surface area contributed by atoms with E-state index in [4.69, 9.17) is 9.47 Å². The summed E-state index contributed by atoms with van der Waals surface area (Å²) in [5, 5.41) is 0. The minimum Gasteiger partial charge on any atom is -0.488 e. The lowest BCUT2D eigenvalue weighted by molar-refractivity contribution is 0.0115. The fourth-order valence-corrected chi connectivity index (χ4v) is 2.48. The molecule has 0 aromatic carbocycles. The zero-order valence-corrected chi connectivity index (χ0v) is 13.5. The lowest BCUT2D eigenvalue weighted by Gasteiger charge is -2.34. The Morgan fingerprint density at radius 1 is 1.55 bits per heavy atom. The minimum absolute atomic E-state index is 0.171. The highest BCUT2D eigenvalue weighted by Gasteiger charge is 2.31. The number of ether oxygens (including phenoxy) is 2. The van der Waals surface area contributed by atoms with Gasteiger partial charge in [-0.15, -0.1) is 11.8 Å². The van der Waals surface area contributed by atoms with E-state index in [0.717, 1.165) is 4.91 Å². The average molecular weight is 303 g/mol. The van der Waals surface area contributed by atoms with Crippen LogP contribution in [0.3, 0.4) is 0 Å². The van der Waals surface area contributed by atoms with E-state index in [1.807, 2.05) is 27.0 Å². The molecule has 0 saturated heterocycles. The van der Waals surface area contributed by atoms with Crippen molar-refractivity contribution in [1.29, 1.82) is 0 Å². The van der Waals surface area contributed by atoms with Gasteiger partial charge in [0.1, 0.15) is 12.2 Å². The van der Waals surface area contributed by atoms with Gasteiger partial charge in [0, 0.05) is 18.4 Å². The van der Waals surface area contributed by atoms with Gasteiger partial charge in [-0.25, -0.2) is 9.18 Å². The first-order chi connectivity index (χ1) is 9.15. The van der Waals surface area contributed by atoms with E-state index >= 15 is 0 Å². The summed E-state index contributed by atoms with van der Waals surface area (Å²) in [6, 6.07) is -0.171. The van der Waals surface area contributed by atoms with Gasteiger partial charge in [0.15, 0.2) is 11.6 Å². The number of hydrogen-bond donors (Lipinski definition) is 0. The summed E-state index contributed by atoms with van der Waals surface area (Å²) in [4.78, 5) is 14.3. The normalized spacial score (nSPS) is 19.4. The second-order valence-corrected chi connectivity index (χ2v) is 6.52. The SMILES string of the molecule is C=C(F)C1=C(SC)CC(N(C)C(=O)OC(C)(C)C)CO1. The molecular weight excluding hydrogens is 281 g/mol. The van der Waals surface area contributed by atoms with Crippen LogP contribution in [0.5, 0.6) is 0 Å². The molecule has 1 rings (SSSR count). The van der Waals surface area contributed by atoms with Gasteiger partial charge in [0.25, 0.3) is 0 Å². The number of likely N-dealkylation sites (N-methyl/N-ethyl adjacent to an activating group) is 1. The lowest BCUT2D eigenvalue weighted by Crippen LogP contribution is -2.44. The summed E-state index contributed by atoms with van der Waals surface area (Å²) in [5.41, 5.74) is -0.544. The van der Waals surface area contributed by atoms with Crippen LogP contribution in [0.2, 0.25) is 0 Å². The summed E-state index contributed by atoms with van der Waals surface area (Å²) in [7, 11) is 1.66. The Hall–Kier alpha value is -1.17. The fraction of sp³-hybridized carbons (Fsp3) is 0.643. The molecule has 0 radical (unpaired) electrons. The predicted molar refractivity (Wildman–Crippen MR) is 79.1 cm³/mol. The van der Waals surface area contributed by atoms with Gasteiger partial charge in [-0.2, -0.15) is 0 Å². The molecule has 1 amide bonds. The molecule has 0 aromatic heterocycles. The molecule has 114 valence electrons. The lowest BCUT2D eigenvalue weighted by atomic mass is 10.1. The van der Waals surface area contributed by atoms with Crippen molar-refractivity contribution in [2.45, 2.75) is 38.8 Å². The Bertz CT molecular complexity index is 429. The number of nitrogens with zero attached hydrogens (tertiary/aromatic N) is 1. The number of hydrogen-bond acceptors (Lipinski definition) is 4. The number of allylic oxidation sites excluding steroid dienone is 1. The van der Waals surface area contributed by atoms with Crippen molar-refractivity contribution >= 4 is 17.9 Å². The molecule has 1 unspecified atom stereocenters. The maximum absolute atomic E-state index is 13.2. The Balaban J connectivity index is 2.76. The van der Waals surface area contributed by atoms with Gasteiger partial charge in [0.05, 0.1) is 6.04 Å². The molecule has 0 saturated carbocycles. The van der Waals surface area contributed by atoms with Gasteiger partial charge in [-0.3, -0.25) is 0 Å². The van der Waals surface area contributed by atoms with Gasteiger partial charge in [0.2, 0.25) is 0 Å². The van der Waals surface area contributed by atoms with E-state index < -0.39 is 17.5 Å². The molecule has 0 aromatic rings. The highest BCUT2D eigenvalue weighted by molar-refractivity contribution is 8.02. The van der Waals surface area contributed by atoms with Gasteiger partial charge < -0.3 is 14.4 Å². The molecule has 0 N–H and O–H groups in total. The summed E-state index contributed by atoms with van der Waals surface area (Å²) in [6.07, 6.45) is 1.97. The Labute approximate surface area is 124 Å². The van der Waals surface area contributed by atoms with Crippen LogP contribution in [0.4, 0.5) is 9.18 Å². The maximum atomic E-state index is 13.2. The summed E-state index contributed by atoms with van der Waals surface area (Å²) in [5.74, 6) is -0.376. The molecule has 1 aliphatic heterocycles. The quantitative estimate of drug-likeness (QED) is 0.797. The van der Waals surface area contributed by atoms with Crippen LogP contribution in [0.1, 0.15) is 27.2 Å². The number of carbonyl (C=O) groups excluding carboxylic acids is 1. The van der Waals surface area contributed by atoms with Crippen molar-refractivity contribution in [1.82, 2.24) is 4.90 Å². The number of amides is 1. The maximum Gasteiger partial charge on any atom is 0.410 e. The average Bonchev–Trinajstić information content (AvgIpc) is 2.34. The van der Waals surface area contributed by atoms with Gasteiger partial charge in [-0.05, 0) is 27.0 Å². The van der Waals surface area contributed by atoms with Crippen molar-refractivity contribution in [3.8, 4) is 0 Å². The third-order valence-electron chi connectivity index (χ3n) is 2.82. The molecular formula is C14H22FNO3S. The van der Waals surface area contributed by atoms with E-state index in [1.165, 1.54) is 16.7 Å². The van der Waals surface area contributed by atoms with E-state index in [0.29, 0.717) is 6.42 Å². The van der Waals surface area contributed by atoms with E-state index in [2.05, 4.69) is 6.58 Å². The molecule has 0 bridgehead atoms. The van der Waals surface area contributed by atoms with E-state index in [-0.39, 0.29) is 18.4 Å². The van der Waals surface area contributed by atoms with Crippen LogP contribution in [-0.2, 0) is 9.47 Å². The highest BCUT2D eigenvalue weighted by atomic mass is 32.2. The zero-order valence-electron chi connectivity index (χ0n) is 12.7. The molecule has 1 aliphatic rings. The first-order valence-corrected chi connectivity index (χ1v) is 7.58. The first-order valence-electron chi connectivity index (χ1n) is 6.36. The monoisotopic (exact) mass is 303 g/mol. The molecule has 6 heteroatoms. The number of thioether (sulfide) groups is 1. The highest BCUT2D eigenvalue weighted by Crippen LogP contribution is 2.33. The molecule has 0 spiro atoms. The molecule has 0 aliphatic carbocycles. The smallest absolute Gasteiger partial charge is 0.410 e. The minimum atomic E-state index is -0.576. The van der Waals surface area contributed by atoms with Crippen LogP contribution in [0.25, 0.3) is 0 Å². The third-order valence-corrected chi connectivity index (χ3v) is 3.66.